The molecule has 168 valence electrons. The molecule has 0 saturated carbocycles. The molecule has 5 heteroatoms. The van der Waals surface area contributed by atoms with Crippen LogP contribution in [0.15, 0.2) is 35.2 Å². The zero-order chi connectivity index (χ0) is 22.1. The van der Waals surface area contributed by atoms with Crippen LogP contribution >= 0.6 is 11.8 Å². The number of rotatable bonds is 14. The van der Waals surface area contributed by atoms with Crippen molar-refractivity contribution in [2.45, 2.75) is 88.6 Å². The van der Waals surface area contributed by atoms with Gasteiger partial charge in [0, 0.05) is 44.3 Å². The number of hydrogen-bond acceptors (Lipinski definition) is 4. The first kappa shape index (κ1) is 26.7. The number of methoxy groups -OCH3 is 2. The standard InChI is InChI=1S/C24H44O3SSi/c1-19(2)29(20(3)4,21(5)6)27-16-15-24(25-8,26-9)17-22(7)18-28-23-13-11-10-12-14-23/h10-14,19-22H,15-18H2,1-9H3/t22-/m0/s1. The minimum absolute atomic E-state index is 0.474. The van der Waals surface area contributed by atoms with Gasteiger partial charge in [0.2, 0.25) is 0 Å². The van der Waals surface area contributed by atoms with E-state index >= 15 is 0 Å². The molecule has 0 bridgehead atoms. The van der Waals surface area contributed by atoms with E-state index in [-0.39, 0.29) is 0 Å². The van der Waals surface area contributed by atoms with E-state index < -0.39 is 14.1 Å². The van der Waals surface area contributed by atoms with Gasteiger partial charge in [-0.2, -0.15) is 0 Å². The smallest absolute Gasteiger partial charge is 0.200 e. The molecule has 1 rings (SSSR count). The van der Waals surface area contributed by atoms with E-state index in [0.29, 0.717) is 29.1 Å². The second-order valence-corrected chi connectivity index (χ2v) is 15.7. The van der Waals surface area contributed by atoms with Gasteiger partial charge in [-0.15, -0.1) is 11.8 Å². The van der Waals surface area contributed by atoms with Crippen molar-refractivity contribution in [1.29, 1.82) is 0 Å². The fourth-order valence-corrected chi connectivity index (χ4v) is 11.2. The van der Waals surface area contributed by atoms with E-state index in [2.05, 4.69) is 78.8 Å². The maximum absolute atomic E-state index is 6.76. The maximum atomic E-state index is 6.76. The molecule has 0 aliphatic carbocycles. The summed E-state index contributed by atoms with van der Waals surface area (Å²) in [6, 6.07) is 10.6. The highest BCUT2D eigenvalue weighted by atomic mass is 32.2. The summed E-state index contributed by atoms with van der Waals surface area (Å²) in [4.78, 5) is 1.31. The van der Waals surface area contributed by atoms with Crippen LogP contribution in [0.3, 0.4) is 0 Å². The van der Waals surface area contributed by atoms with Crippen molar-refractivity contribution in [3.63, 3.8) is 0 Å². The molecule has 1 atom stereocenters. The summed E-state index contributed by atoms with van der Waals surface area (Å²) in [6.45, 7) is 16.9. The minimum Gasteiger partial charge on any atom is -0.416 e. The molecule has 0 aliphatic rings. The Morgan fingerprint density at radius 3 is 1.83 bits per heavy atom. The lowest BCUT2D eigenvalue weighted by molar-refractivity contribution is -0.222. The topological polar surface area (TPSA) is 27.7 Å². The lowest BCUT2D eigenvalue weighted by Gasteiger charge is -2.43. The van der Waals surface area contributed by atoms with Crippen LogP contribution in [-0.2, 0) is 13.9 Å². The quantitative estimate of drug-likeness (QED) is 0.171. The summed E-state index contributed by atoms with van der Waals surface area (Å²) < 4.78 is 18.6. The van der Waals surface area contributed by atoms with Crippen LogP contribution in [0.25, 0.3) is 0 Å². The van der Waals surface area contributed by atoms with Crippen molar-refractivity contribution in [3.8, 4) is 0 Å². The van der Waals surface area contributed by atoms with E-state index in [1.807, 2.05) is 11.8 Å². The van der Waals surface area contributed by atoms with Crippen molar-refractivity contribution in [2.24, 2.45) is 5.92 Å². The van der Waals surface area contributed by atoms with Crippen LogP contribution in [0.5, 0.6) is 0 Å². The molecule has 0 amide bonds. The van der Waals surface area contributed by atoms with Gasteiger partial charge in [-0.25, -0.2) is 0 Å². The summed E-state index contributed by atoms with van der Waals surface area (Å²) >= 11 is 1.89. The third-order valence-electron chi connectivity index (χ3n) is 6.22. The van der Waals surface area contributed by atoms with Crippen molar-refractivity contribution >= 4 is 20.1 Å². The van der Waals surface area contributed by atoms with E-state index in [4.69, 9.17) is 13.9 Å². The van der Waals surface area contributed by atoms with Crippen molar-refractivity contribution < 1.29 is 13.9 Å². The summed E-state index contributed by atoms with van der Waals surface area (Å²) in [6.07, 6.45) is 1.63. The lowest BCUT2D eigenvalue weighted by atomic mass is 10.00. The molecule has 0 heterocycles. The monoisotopic (exact) mass is 440 g/mol. The first-order chi connectivity index (χ1) is 13.6. The first-order valence-electron chi connectivity index (χ1n) is 11.1. The molecular weight excluding hydrogens is 396 g/mol. The molecule has 0 radical (unpaired) electrons. The highest BCUT2D eigenvalue weighted by Gasteiger charge is 2.45. The second-order valence-electron chi connectivity index (χ2n) is 9.17. The summed E-state index contributed by atoms with van der Waals surface area (Å²) in [7, 11) is 1.66. The molecular formula is C24H44O3SSi. The summed E-state index contributed by atoms with van der Waals surface area (Å²) in [5.41, 5.74) is 1.76. The van der Waals surface area contributed by atoms with Crippen LogP contribution in [0.1, 0.15) is 61.3 Å². The second kappa shape index (κ2) is 12.5. The molecule has 3 nitrogen and oxygen atoms in total. The van der Waals surface area contributed by atoms with Crippen LogP contribution < -0.4 is 0 Å². The van der Waals surface area contributed by atoms with Crippen LogP contribution in [-0.4, -0.2) is 40.7 Å². The third-order valence-corrected chi connectivity index (χ3v) is 13.7. The number of thioether (sulfide) groups is 1. The van der Waals surface area contributed by atoms with E-state index in [9.17, 15) is 0 Å². The van der Waals surface area contributed by atoms with E-state index in [1.165, 1.54) is 4.90 Å². The molecule has 0 spiro atoms. The molecule has 0 aliphatic heterocycles. The SMILES string of the molecule is COC(CCO[Si](C(C)C)(C(C)C)C(C)C)(C[C@H](C)CSc1ccccc1)OC. The number of benzene rings is 1. The number of hydrogen-bond donors (Lipinski definition) is 0. The molecule has 0 N–H and O–H groups in total. The van der Waals surface area contributed by atoms with E-state index in [0.717, 1.165) is 18.6 Å². The van der Waals surface area contributed by atoms with Gasteiger partial charge < -0.3 is 13.9 Å². The van der Waals surface area contributed by atoms with Crippen molar-refractivity contribution in [3.05, 3.63) is 30.3 Å². The number of ether oxygens (including phenoxy) is 2. The van der Waals surface area contributed by atoms with Crippen molar-refractivity contribution in [1.82, 2.24) is 0 Å². The summed E-state index contributed by atoms with van der Waals surface area (Å²) in [5.74, 6) is 0.937. The molecule has 0 unspecified atom stereocenters. The van der Waals surface area contributed by atoms with Crippen LogP contribution in [0, 0.1) is 5.92 Å². The Balaban J connectivity index is 2.72. The average molecular weight is 441 g/mol. The molecule has 29 heavy (non-hydrogen) atoms. The van der Waals surface area contributed by atoms with Crippen LogP contribution in [0.4, 0.5) is 0 Å². The molecule has 1 aromatic carbocycles. The predicted molar refractivity (Wildman–Crippen MR) is 129 cm³/mol. The third kappa shape index (κ3) is 7.39. The van der Waals surface area contributed by atoms with Gasteiger partial charge in [0.05, 0.1) is 0 Å². The zero-order valence-electron chi connectivity index (χ0n) is 20.2. The summed E-state index contributed by atoms with van der Waals surface area (Å²) in [5, 5.41) is 0. The predicted octanol–water partition coefficient (Wildman–Crippen LogP) is 7.38. The van der Waals surface area contributed by atoms with Gasteiger partial charge in [0.25, 0.3) is 0 Å². The molecule has 0 fully saturated rings. The highest BCUT2D eigenvalue weighted by molar-refractivity contribution is 7.99. The molecule has 0 aromatic heterocycles. The molecule has 0 saturated heterocycles. The Morgan fingerprint density at radius 1 is 0.862 bits per heavy atom. The van der Waals surface area contributed by atoms with Gasteiger partial charge in [0.1, 0.15) is 0 Å². The molecule has 1 aromatic rings. The minimum atomic E-state index is -1.87. The average Bonchev–Trinajstić information content (AvgIpc) is 2.68. The Labute approximate surface area is 185 Å². The maximum Gasteiger partial charge on any atom is 0.200 e. The van der Waals surface area contributed by atoms with Gasteiger partial charge in [0.15, 0.2) is 14.1 Å². The van der Waals surface area contributed by atoms with Gasteiger partial charge in [-0.3, -0.25) is 0 Å². The van der Waals surface area contributed by atoms with Gasteiger partial charge in [-0.1, -0.05) is 66.7 Å². The van der Waals surface area contributed by atoms with E-state index in [1.54, 1.807) is 14.2 Å². The normalized spacial score (nSPS) is 14.2. The van der Waals surface area contributed by atoms with Crippen LogP contribution in [0.2, 0.25) is 16.6 Å². The van der Waals surface area contributed by atoms with Crippen molar-refractivity contribution in [2.75, 3.05) is 26.6 Å². The Bertz CT molecular complexity index is 537. The van der Waals surface area contributed by atoms with Gasteiger partial charge in [-0.05, 0) is 34.7 Å². The highest BCUT2D eigenvalue weighted by Crippen LogP contribution is 2.42. The van der Waals surface area contributed by atoms with Gasteiger partial charge >= 0.3 is 0 Å². The first-order valence-corrected chi connectivity index (χ1v) is 14.2. The Kier molecular flexibility index (Phi) is 11.5. The fraction of sp³-hybridized carbons (Fsp3) is 0.750. The fourth-order valence-electron chi connectivity index (χ4n) is 4.78. The largest absolute Gasteiger partial charge is 0.416 e. The zero-order valence-corrected chi connectivity index (χ0v) is 22.0. The Morgan fingerprint density at radius 2 is 1.38 bits per heavy atom. The Hall–Kier alpha value is -0.333. The lowest BCUT2D eigenvalue weighted by Crippen LogP contribution is -2.49.